The van der Waals surface area contributed by atoms with Crippen molar-refractivity contribution >= 4 is 0 Å². The second-order valence-corrected chi connectivity index (χ2v) is 6.46. The molecule has 0 bridgehead atoms. The molecule has 2 aromatic rings. The third-order valence-electron chi connectivity index (χ3n) is 4.92. The quantitative estimate of drug-likeness (QED) is 0.818. The fraction of sp³-hybridized carbons (Fsp3) is 0.588. The van der Waals surface area contributed by atoms with E-state index < -0.39 is 0 Å². The maximum Gasteiger partial charge on any atom is 0.231 e. The molecule has 2 aliphatic heterocycles. The van der Waals surface area contributed by atoms with Crippen LogP contribution in [0.2, 0.25) is 0 Å². The number of hydrogen-bond donors (Lipinski definition) is 0. The minimum Gasteiger partial charge on any atom is -0.492 e. The summed E-state index contributed by atoms with van der Waals surface area (Å²) in [5.74, 6) is 3.00. The molecule has 1 aromatic carbocycles. The average Bonchev–Trinajstić information content (AvgIpc) is 3.27. The SMILES string of the molecule is CCCCn1nnnc1[C@H]1c2c(cc3c(c2OC)OCO3)CCN1C. The number of tetrazole rings is 1. The third kappa shape index (κ3) is 2.60. The molecule has 0 spiro atoms. The predicted octanol–water partition coefficient (Wildman–Crippen LogP) is 1.79. The number of nitrogens with zero attached hydrogens (tertiary/aromatic N) is 5. The van der Waals surface area contributed by atoms with Gasteiger partial charge >= 0.3 is 0 Å². The topological polar surface area (TPSA) is 74.5 Å². The first-order valence-electron chi connectivity index (χ1n) is 8.70. The van der Waals surface area contributed by atoms with Gasteiger partial charge in [0, 0.05) is 18.7 Å². The summed E-state index contributed by atoms with van der Waals surface area (Å²) in [4.78, 5) is 2.27. The van der Waals surface area contributed by atoms with Crippen molar-refractivity contribution in [3.8, 4) is 17.2 Å². The minimum atomic E-state index is -0.0694. The van der Waals surface area contributed by atoms with Crippen LogP contribution in [0, 0.1) is 0 Å². The zero-order valence-corrected chi connectivity index (χ0v) is 14.9. The zero-order chi connectivity index (χ0) is 17.4. The molecule has 8 nitrogen and oxygen atoms in total. The number of ether oxygens (including phenoxy) is 3. The minimum absolute atomic E-state index is 0.0694. The molecule has 4 rings (SSSR count). The number of fused-ring (bicyclic) bond motifs is 2. The monoisotopic (exact) mass is 345 g/mol. The molecule has 134 valence electrons. The first-order valence-corrected chi connectivity index (χ1v) is 8.70. The van der Waals surface area contributed by atoms with Crippen molar-refractivity contribution in [2.24, 2.45) is 0 Å². The maximum atomic E-state index is 5.74. The van der Waals surface area contributed by atoms with Crippen molar-refractivity contribution < 1.29 is 14.2 Å². The van der Waals surface area contributed by atoms with Crippen LogP contribution in [0.25, 0.3) is 0 Å². The van der Waals surface area contributed by atoms with E-state index in [1.807, 2.05) is 4.68 Å². The van der Waals surface area contributed by atoms with Crippen molar-refractivity contribution in [3.63, 3.8) is 0 Å². The number of unbranched alkanes of at least 4 members (excludes halogenated alkanes) is 1. The molecule has 0 unspecified atom stereocenters. The molecule has 2 aliphatic rings. The van der Waals surface area contributed by atoms with Gasteiger partial charge in [-0.25, -0.2) is 4.68 Å². The Balaban J connectivity index is 1.85. The van der Waals surface area contributed by atoms with E-state index in [1.165, 1.54) is 5.56 Å². The number of hydrogen-bond acceptors (Lipinski definition) is 7. The van der Waals surface area contributed by atoms with Crippen molar-refractivity contribution in [1.29, 1.82) is 0 Å². The highest BCUT2D eigenvalue weighted by Gasteiger charge is 2.37. The van der Waals surface area contributed by atoms with Gasteiger partial charge in [0.25, 0.3) is 0 Å². The lowest BCUT2D eigenvalue weighted by Crippen LogP contribution is -2.35. The molecule has 0 saturated heterocycles. The molecule has 0 amide bonds. The van der Waals surface area contributed by atoms with Gasteiger partial charge in [0.2, 0.25) is 12.5 Å². The molecule has 8 heteroatoms. The molecule has 0 fully saturated rings. The average molecular weight is 345 g/mol. The first kappa shape index (κ1) is 16.1. The first-order chi connectivity index (χ1) is 12.2. The number of likely N-dealkylation sites (N-methyl/N-ethyl adjacent to an activating group) is 1. The summed E-state index contributed by atoms with van der Waals surface area (Å²) in [7, 11) is 3.76. The van der Waals surface area contributed by atoms with E-state index in [1.54, 1.807) is 7.11 Å². The van der Waals surface area contributed by atoms with Crippen LogP contribution >= 0.6 is 0 Å². The Hall–Kier alpha value is -2.35. The van der Waals surface area contributed by atoms with Crippen molar-refractivity contribution in [2.45, 2.75) is 38.8 Å². The smallest absolute Gasteiger partial charge is 0.231 e. The van der Waals surface area contributed by atoms with Crippen LogP contribution in [0.1, 0.15) is 42.8 Å². The van der Waals surface area contributed by atoms with E-state index in [0.717, 1.165) is 55.2 Å². The fourth-order valence-electron chi connectivity index (χ4n) is 3.63. The van der Waals surface area contributed by atoms with Crippen LogP contribution in [0.15, 0.2) is 6.07 Å². The summed E-state index contributed by atoms with van der Waals surface area (Å²) in [6.45, 7) is 4.12. The molecule has 25 heavy (non-hydrogen) atoms. The number of benzene rings is 1. The molecule has 0 saturated carbocycles. The van der Waals surface area contributed by atoms with Gasteiger partial charge in [-0.15, -0.1) is 5.10 Å². The van der Waals surface area contributed by atoms with E-state index in [4.69, 9.17) is 14.2 Å². The molecule has 0 radical (unpaired) electrons. The van der Waals surface area contributed by atoms with Crippen LogP contribution < -0.4 is 14.2 Å². The lowest BCUT2D eigenvalue weighted by Gasteiger charge is -2.34. The second-order valence-electron chi connectivity index (χ2n) is 6.46. The highest BCUT2D eigenvalue weighted by molar-refractivity contribution is 5.62. The van der Waals surface area contributed by atoms with E-state index >= 15 is 0 Å². The summed E-state index contributed by atoms with van der Waals surface area (Å²) in [5.41, 5.74) is 2.28. The van der Waals surface area contributed by atoms with Gasteiger partial charge in [-0.3, -0.25) is 4.90 Å². The van der Waals surface area contributed by atoms with Gasteiger partial charge in [0.1, 0.15) is 6.04 Å². The fourth-order valence-corrected chi connectivity index (χ4v) is 3.63. The van der Waals surface area contributed by atoms with Gasteiger partial charge < -0.3 is 14.2 Å². The Morgan fingerprint density at radius 3 is 3.04 bits per heavy atom. The maximum absolute atomic E-state index is 5.74. The predicted molar refractivity (Wildman–Crippen MR) is 90.0 cm³/mol. The van der Waals surface area contributed by atoms with Crippen LogP contribution in [-0.2, 0) is 13.0 Å². The highest BCUT2D eigenvalue weighted by Crippen LogP contribution is 2.50. The number of rotatable bonds is 5. The largest absolute Gasteiger partial charge is 0.492 e. The van der Waals surface area contributed by atoms with Gasteiger partial charge in [-0.2, -0.15) is 0 Å². The molecule has 3 heterocycles. The van der Waals surface area contributed by atoms with E-state index in [-0.39, 0.29) is 12.8 Å². The summed E-state index contributed by atoms with van der Waals surface area (Å²) >= 11 is 0. The Morgan fingerprint density at radius 2 is 2.24 bits per heavy atom. The van der Waals surface area contributed by atoms with Crippen LogP contribution in [0.5, 0.6) is 17.2 Å². The standard InChI is InChI=1S/C17H23N5O3/c1-4-5-7-22-17(18-19-20-22)14-13-11(6-8-21(14)2)9-12-15(16(13)23-3)25-10-24-12/h9,14H,4-8,10H2,1-3H3/t14-/m1/s1. The van der Waals surface area contributed by atoms with Crippen molar-refractivity contribution in [3.05, 3.63) is 23.0 Å². The Morgan fingerprint density at radius 1 is 1.36 bits per heavy atom. The molecule has 1 aromatic heterocycles. The third-order valence-corrected chi connectivity index (χ3v) is 4.92. The van der Waals surface area contributed by atoms with Crippen LogP contribution in [-0.4, -0.2) is 52.6 Å². The zero-order valence-electron chi connectivity index (χ0n) is 14.9. The van der Waals surface area contributed by atoms with Gasteiger partial charge in [-0.1, -0.05) is 13.3 Å². The number of methoxy groups -OCH3 is 1. The van der Waals surface area contributed by atoms with E-state index in [2.05, 4.69) is 40.5 Å². The Bertz CT molecular complexity index is 776. The molecular formula is C17H23N5O3. The van der Waals surface area contributed by atoms with Gasteiger partial charge in [0.15, 0.2) is 17.3 Å². The van der Waals surface area contributed by atoms with Crippen molar-refractivity contribution in [1.82, 2.24) is 25.1 Å². The molecule has 1 atom stereocenters. The molecule has 0 aliphatic carbocycles. The van der Waals surface area contributed by atoms with Crippen LogP contribution in [0.3, 0.4) is 0 Å². The van der Waals surface area contributed by atoms with E-state index in [9.17, 15) is 0 Å². The summed E-state index contributed by atoms with van der Waals surface area (Å²) in [5, 5.41) is 12.5. The molecule has 0 N–H and O–H groups in total. The lowest BCUT2D eigenvalue weighted by atomic mass is 9.90. The van der Waals surface area contributed by atoms with Crippen molar-refractivity contribution in [2.75, 3.05) is 27.5 Å². The Labute approximate surface area is 146 Å². The summed E-state index contributed by atoms with van der Waals surface area (Å²) in [6.07, 6.45) is 3.06. The number of aromatic nitrogens is 4. The second kappa shape index (κ2) is 6.51. The summed E-state index contributed by atoms with van der Waals surface area (Å²) in [6, 6.07) is 2.00. The Kier molecular flexibility index (Phi) is 4.20. The molecular weight excluding hydrogens is 322 g/mol. The normalized spacial score (nSPS) is 19.1. The van der Waals surface area contributed by atoms with Gasteiger partial charge in [-0.05, 0) is 41.9 Å². The van der Waals surface area contributed by atoms with Gasteiger partial charge in [0.05, 0.1) is 7.11 Å². The lowest BCUT2D eigenvalue weighted by molar-refractivity contribution is 0.170. The number of aryl methyl sites for hydroxylation is 1. The summed E-state index contributed by atoms with van der Waals surface area (Å²) < 4.78 is 18.9. The van der Waals surface area contributed by atoms with E-state index in [0.29, 0.717) is 5.75 Å². The van der Waals surface area contributed by atoms with Crippen LogP contribution in [0.4, 0.5) is 0 Å². The highest BCUT2D eigenvalue weighted by atomic mass is 16.7.